The van der Waals surface area contributed by atoms with Crippen LogP contribution in [0.2, 0.25) is 0 Å². The van der Waals surface area contributed by atoms with Crippen LogP contribution in [0.15, 0.2) is 24.3 Å². The van der Waals surface area contributed by atoms with Gasteiger partial charge in [-0.2, -0.15) is 0 Å². The maximum atomic E-state index is 12.5. The van der Waals surface area contributed by atoms with E-state index in [0.717, 1.165) is 25.1 Å². The van der Waals surface area contributed by atoms with Crippen LogP contribution in [-0.4, -0.2) is 25.5 Å². The standard InChI is InChI=1S/C17H26N2O/c1-17(2,3)15(18-4)12-19-14-10-6-5-8-13(14)9-7-11-16(19)20/h5-6,8,10,15,18H,7,9,11-12H2,1-4H3. The van der Waals surface area contributed by atoms with Gasteiger partial charge in [-0.1, -0.05) is 39.0 Å². The zero-order valence-corrected chi connectivity index (χ0v) is 13.1. The van der Waals surface area contributed by atoms with Gasteiger partial charge in [-0.05, 0) is 36.9 Å². The smallest absolute Gasteiger partial charge is 0.227 e. The lowest BCUT2D eigenvalue weighted by molar-refractivity contribution is -0.118. The Morgan fingerprint density at radius 3 is 2.60 bits per heavy atom. The third-order valence-electron chi connectivity index (χ3n) is 4.18. The maximum absolute atomic E-state index is 12.5. The number of benzene rings is 1. The highest BCUT2D eigenvalue weighted by Gasteiger charge is 2.29. The largest absolute Gasteiger partial charge is 0.315 e. The van der Waals surface area contributed by atoms with E-state index in [1.54, 1.807) is 0 Å². The number of hydrogen-bond acceptors (Lipinski definition) is 2. The van der Waals surface area contributed by atoms with Crippen LogP contribution < -0.4 is 10.2 Å². The third-order valence-corrected chi connectivity index (χ3v) is 4.18. The molecule has 2 rings (SSSR count). The Kier molecular flexibility index (Phi) is 4.48. The summed E-state index contributed by atoms with van der Waals surface area (Å²) in [7, 11) is 1.98. The van der Waals surface area contributed by atoms with Crippen molar-refractivity contribution in [2.45, 2.75) is 46.1 Å². The first-order valence-electron chi connectivity index (χ1n) is 7.49. The Labute approximate surface area is 122 Å². The SMILES string of the molecule is CNC(CN1C(=O)CCCc2ccccc21)C(C)(C)C. The minimum atomic E-state index is 0.121. The van der Waals surface area contributed by atoms with Crippen molar-refractivity contribution in [1.82, 2.24) is 5.32 Å². The van der Waals surface area contributed by atoms with Crippen molar-refractivity contribution in [2.75, 3.05) is 18.5 Å². The molecule has 1 aliphatic heterocycles. The molecule has 20 heavy (non-hydrogen) atoms. The summed E-state index contributed by atoms with van der Waals surface area (Å²) in [5.74, 6) is 0.249. The molecule has 0 saturated heterocycles. The van der Waals surface area contributed by atoms with Gasteiger partial charge in [0.15, 0.2) is 0 Å². The molecule has 1 aromatic rings. The predicted molar refractivity (Wildman–Crippen MR) is 84.0 cm³/mol. The summed E-state index contributed by atoms with van der Waals surface area (Å²) in [6, 6.07) is 8.58. The fourth-order valence-electron chi connectivity index (χ4n) is 2.87. The van der Waals surface area contributed by atoms with Crippen molar-refractivity contribution in [2.24, 2.45) is 5.41 Å². The van der Waals surface area contributed by atoms with Crippen molar-refractivity contribution >= 4 is 11.6 Å². The van der Waals surface area contributed by atoms with Gasteiger partial charge in [-0.25, -0.2) is 0 Å². The summed E-state index contributed by atoms with van der Waals surface area (Å²) in [4.78, 5) is 14.4. The number of nitrogens with zero attached hydrogens (tertiary/aromatic N) is 1. The van der Waals surface area contributed by atoms with Gasteiger partial charge in [0.1, 0.15) is 0 Å². The number of aryl methyl sites for hydroxylation is 1. The first kappa shape index (κ1) is 15.0. The number of likely N-dealkylation sites (N-methyl/N-ethyl adjacent to an activating group) is 1. The van der Waals surface area contributed by atoms with E-state index in [1.807, 2.05) is 18.0 Å². The summed E-state index contributed by atoms with van der Waals surface area (Å²) in [5.41, 5.74) is 2.51. The topological polar surface area (TPSA) is 32.3 Å². The molecule has 110 valence electrons. The molecular weight excluding hydrogens is 248 g/mol. The van der Waals surface area contributed by atoms with E-state index in [1.165, 1.54) is 5.56 Å². The second-order valence-corrected chi connectivity index (χ2v) is 6.69. The Bertz CT molecular complexity index is 476. The lowest BCUT2D eigenvalue weighted by Crippen LogP contribution is -2.49. The number of anilines is 1. The number of amides is 1. The third kappa shape index (κ3) is 3.21. The number of fused-ring (bicyclic) bond motifs is 1. The lowest BCUT2D eigenvalue weighted by Gasteiger charge is -2.35. The van der Waals surface area contributed by atoms with Gasteiger partial charge in [0.25, 0.3) is 0 Å². The van der Waals surface area contributed by atoms with Crippen LogP contribution >= 0.6 is 0 Å². The molecule has 0 aromatic heterocycles. The molecule has 1 aromatic carbocycles. The minimum absolute atomic E-state index is 0.121. The monoisotopic (exact) mass is 274 g/mol. The Morgan fingerprint density at radius 2 is 1.95 bits per heavy atom. The van der Waals surface area contributed by atoms with Crippen LogP contribution in [0.25, 0.3) is 0 Å². The van der Waals surface area contributed by atoms with Gasteiger partial charge >= 0.3 is 0 Å². The average molecular weight is 274 g/mol. The van der Waals surface area contributed by atoms with Crippen LogP contribution in [0.5, 0.6) is 0 Å². The van der Waals surface area contributed by atoms with Crippen molar-refractivity contribution < 1.29 is 4.79 Å². The summed E-state index contributed by atoms with van der Waals surface area (Å²) >= 11 is 0. The second kappa shape index (κ2) is 5.96. The summed E-state index contributed by atoms with van der Waals surface area (Å²) in [5, 5.41) is 3.37. The van der Waals surface area contributed by atoms with E-state index >= 15 is 0 Å². The first-order chi connectivity index (χ1) is 9.43. The molecule has 3 nitrogen and oxygen atoms in total. The number of carbonyl (C=O) groups excluding carboxylic acids is 1. The number of nitrogens with one attached hydrogen (secondary N) is 1. The average Bonchev–Trinajstić information content (AvgIpc) is 2.54. The molecule has 0 spiro atoms. The van der Waals surface area contributed by atoms with Crippen molar-refractivity contribution in [1.29, 1.82) is 0 Å². The van der Waals surface area contributed by atoms with Crippen LogP contribution in [0.4, 0.5) is 5.69 Å². The van der Waals surface area contributed by atoms with E-state index in [9.17, 15) is 4.79 Å². The molecule has 0 aliphatic carbocycles. The van der Waals surface area contributed by atoms with Crippen LogP contribution in [0, 0.1) is 5.41 Å². The summed E-state index contributed by atoms with van der Waals surface area (Å²) in [6.07, 6.45) is 2.60. The number of rotatable bonds is 3. The summed E-state index contributed by atoms with van der Waals surface area (Å²) < 4.78 is 0. The molecule has 0 saturated carbocycles. The Balaban J connectivity index is 2.31. The van der Waals surface area contributed by atoms with Crippen LogP contribution in [0.1, 0.15) is 39.2 Å². The van der Waals surface area contributed by atoms with Gasteiger partial charge in [0, 0.05) is 24.7 Å². The van der Waals surface area contributed by atoms with Crippen molar-refractivity contribution in [3.05, 3.63) is 29.8 Å². The molecule has 1 N–H and O–H groups in total. The van der Waals surface area contributed by atoms with Crippen LogP contribution in [-0.2, 0) is 11.2 Å². The molecule has 0 bridgehead atoms. The number of carbonyl (C=O) groups is 1. The summed E-state index contributed by atoms with van der Waals surface area (Å²) in [6.45, 7) is 7.36. The van der Waals surface area contributed by atoms with Crippen molar-refractivity contribution in [3.63, 3.8) is 0 Å². The predicted octanol–water partition coefficient (Wildman–Crippen LogP) is 2.99. The Morgan fingerprint density at radius 1 is 1.25 bits per heavy atom. The highest BCUT2D eigenvalue weighted by atomic mass is 16.2. The molecule has 3 heteroatoms. The molecule has 0 radical (unpaired) electrons. The van der Waals surface area contributed by atoms with E-state index in [2.05, 4.69) is 44.3 Å². The fourth-order valence-corrected chi connectivity index (χ4v) is 2.87. The maximum Gasteiger partial charge on any atom is 0.227 e. The molecule has 1 amide bonds. The zero-order valence-electron chi connectivity index (χ0n) is 13.1. The Hall–Kier alpha value is -1.35. The highest BCUT2D eigenvalue weighted by molar-refractivity contribution is 5.94. The van der Waals surface area contributed by atoms with E-state index in [-0.39, 0.29) is 17.4 Å². The molecule has 0 fully saturated rings. The van der Waals surface area contributed by atoms with Gasteiger partial charge in [0.2, 0.25) is 5.91 Å². The molecule has 1 heterocycles. The fraction of sp³-hybridized carbons (Fsp3) is 0.588. The number of hydrogen-bond donors (Lipinski definition) is 1. The van der Waals surface area contributed by atoms with E-state index in [4.69, 9.17) is 0 Å². The molecule has 1 aliphatic rings. The highest BCUT2D eigenvalue weighted by Crippen LogP contribution is 2.29. The first-order valence-corrected chi connectivity index (χ1v) is 7.49. The minimum Gasteiger partial charge on any atom is -0.315 e. The molecule has 1 atom stereocenters. The van der Waals surface area contributed by atoms with E-state index < -0.39 is 0 Å². The quantitative estimate of drug-likeness (QED) is 0.919. The molecular formula is C17H26N2O. The van der Waals surface area contributed by atoms with Crippen molar-refractivity contribution in [3.8, 4) is 0 Å². The van der Waals surface area contributed by atoms with Gasteiger partial charge in [-0.15, -0.1) is 0 Å². The normalized spacial score (nSPS) is 17.6. The zero-order chi connectivity index (χ0) is 14.8. The molecule has 1 unspecified atom stereocenters. The van der Waals surface area contributed by atoms with Gasteiger partial charge in [-0.3, -0.25) is 4.79 Å². The lowest BCUT2D eigenvalue weighted by atomic mass is 9.86. The van der Waals surface area contributed by atoms with E-state index in [0.29, 0.717) is 6.42 Å². The second-order valence-electron chi connectivity index (χ2n) is 6.69. The number of para-hydroxylation sites is 1. The van der Waals surface area contributed by atoms with Gasteiger partial charge in [0.05, 0.1) is 0 Å². The van der Waals surface area contributed by atoms with Crippen LogP contribution in [0.3, 0.4) is 0 Å². The van der Waals surface area contributed by atoms with Gasteiger partial charge < -0.3 is 10.2 Å².